The summed E-state index contributed by atoms with van der Waals surface area (Å²) in [6.45, 7) is 3.84. The molecule has 0 amide bonds. The number of halogens is 2. The molecule has 2 unspecified atom stereocenters. The van der Waals surface area contributed by atoms with Gasteiger partial charge in [-0.3, -0.25) is 0 Å². The van der Waals surface area contributed by atoms with E-state index in [1.165, 1.54) is 6.07 Å². The van der Waals surface area contributed by atoms with E-state index >= 15 is 0 Å². The number of hydrogen-bond acceptors (Lipinski definition) is 1. The third-order valence-electron chi connectivity index (χ3n) is 2.25. The number of hydrogen-bond donors (Lipinski definition) is 1. The minimum atomic E-state index is -0.294. The molecule has 0 aliphatic heterocycles. The first-order chi connectivity index (χ1) is 6.97. The summed E-state index contributed by atoms with van der Waals surface area (Å²) < 4.78 is 13.8. The van der Waals surface area contributed by atoms with Gasteiger partial charge in [0, 0.05) is 4.47 Å². The molecule has 0 radical (unpaired) electrons. The van der Waals surface area contributed by atoms with Crippen LogP contribution in [-0.2, 0) is 6.42 Å². The highest BCUT2D eigenvalue weighted by Crippen LogP contribution is 2.19. The fraction of sp³-hybridized carbons (Fsp3) is 0.500. The molecule has 3 heteroatoms. The maximum absolute atomic E-state index is 13.1. The van der Waals surface area contributed by atoms with Crippen LogP contribution in [0.2, 0.25) is 0 Å². The average molecular weight is 275 g/mol. The van der Waals surface area contributed by atoms with E-state index in [1.807, 2.05) is 6.07 Å². The molecule has 0 aliphatic carbocycles. The molecule has 0 saturated carbocycles. The lowest BCUT2D eigenvalue weighted by Gasteiger charge is -2.13. The SMILES string of the molecule is CC(O)CC(C)Cc1cc(F)cc(Br)c1. The van der Waals surface area contributed by atoms with Crippen molar-refractivity contribution in [3.05, 3.63) is 34.1 Å². The summed E-state index contributed by atoms with van der Waals surface area (Å²) in [4.78, 5) is 0. The third kappa shape index (κ3) is 4.76. The summed E-state index contributed by atoms with van der Waals surface area (Å²) in [6, 6.07) is 4.91. The highest BCUT2D eigenvalue weighted by atomic mass is 79.9. The van der Waals surface area contributed by atoms with Crippen LogP contribution in [0.15, 0.2) is 22.7 Å². The molecule has 1 nitrogen and oxygen atoms in total. The third-order valence-corrected chi connectivity index (χ3v) is 2.71. The summed E-state index contributed by atoms with van der Waals surface area (Å²) in [5.41, 5.74) is 0.968. The molecule has 1 aromatic carbocycles. The predicted octanol–water partition coefficient (Wildman–Crippen LogP) is 3.54. The Labute approximate surface area is 98.4 Å². The van der Waals surface area contributed by atoms with Gasteiger partial charge >= 0.3 is 0 Å². The highest BCUT2D eigenvalue weighted by molar-refractivity contribution is 9.10. The smallest absolute Gasteiger partial charge is 0.124 e. The number of aliphatic hydroxyl groups is 1. The summed E-state index contributed by atoms with van der Waals surface area (Å²) in [7, 11) is 0. The van der Waals surface area contributed by atoms with Gasteiger partial charge in [0.1, 0.15) is 5.82 Å². The standard InChI is InChI=1S/C12H16BrFO/c1-8(3-9(2)15)4-10-5-11(13)7-12(14)6-10/h5-9,15H,3-4H2,1-2H3. The molecule has 0 heterocycles. The summed E-state index contributed by atoms with van der Waals surface area (Å²) >= 11 is 3.26. The van der Waals surface area contributed by atoms with Crippen LogP contribution in [0.1, 0.15) is 25.8 Å². The van der Waals surface area contributed by atoms with Crippen LogP contribution >= 0.6 is 15.9 Å². The maximum Gasteiger partial charge on any atom is 0.124 e. The molecule has 0 aromatic heterocycles. The van der Waals surface area contributed by atoms with Gasteiger partial charge in [0.2, 0.25) is 0 Å². The van der Waals surface area contributed by atoms with E-state index in [9.17, 15) is 9.50 Å². The Kier molecular flexibility index (Phi) is 4.74. The molecule has 0 saturated heterocycles. The zero-order valence-electron chi connectivity index (χ0n) is 9.00. The first-order valence-corrected chi connectivity index (χ1v) is 5.89. The van der Waals surface area contributed by atoms with Crippen molar-refractivity contribution in [1.82, 2.24) is 0 Å². The topological polar surface area (TPSA) is 20.2 Å². The van der Waals surface area contributed by atoms with Crippen molar-refractivity contribution >= 4 is 15.9 Å². The van der Waals surface area contributed by atoms with E-state index in [1.54, 1.807) is 13.0 Å². The summed E-state index contributed by atoms with van der Waals surface area (Å²) in [5.74, 6) is 0.141. The van der Waals surface area contributed by atoms with Crippen molar-refractivity contribution in [3.63, 3.8) is 0 Å². The molecule has 0 spiro atoms. The van der Waals surface area contributed by atoms with Crippen molar-refractivity contribution in [2.45, 2.75) is 32.8 Å². The van der Waals surface area contributed by atoms with Crippen LogP contribution < -0.4 is 0 Å². The van der Waals surface area contributed by atoms with E-state index < -0.39 is 0 Å². The Morgan fingerprint density at radius 1 is 1.33 bits per heavy atom. The van der Waals surface area contributed by atoms with Crippen LogP contribution in [0.25, 0.3) is 0 Å². The number of benzene rings is 1. The molecular weight excluding hydrogens is 259 g/mol. The van der Waals surface area contributed by atoms with Crippen molar-refractivity contribution in [2.75, 3.05) is 0 Å². The van der Waals surface area contributed by atoms with Gasteiger partial charge in [-0.1, -0.05) is 22.9 Å². The zero-order chi connectivity index (χ0) is 11.4. The van der Waals surface area contributed by atoms with Crippen molar-refractivity contribution in [1.29, 1.82) is 0 Å². The van der Waals surface area contributed by atoms with Gasteiger partial charge < -0.3 is 5.11 Å². The van der Waals surface area contributed by atoms with Gasteiger partial charge in [-0.25, -0.2) is 4.39 Å². The monoisotopic (exact) mass is 274 g/mol. The first-order valence-electron chi connectivity index (χ1n) is 5.10. The second-order valence-electron chi connectivity index (χ2n) is 4.17. The molecule has 1 aromatic rings. The molecular formula is C12H16BrFO. The molecule has 84 valence electrons. The van der Waals surface area contributed by atoms with Crippen molar-refractivity contribution < 1.29 is 9.50 Å². The maximum atomic E-state index is 13.1. The summed E-state index contributed by atoms with van der Waals surface area (Å²) in [5, 5.41) is 9.23. The van der Waals surface area contributed by atoms with Crippen molar-refractivity contribution in [3.8, 4) is 0 Å². The zero-order valence-corrected chi connectivity index (χ0v) is 10.6. The van der Waals surface area contributed by atoms with Crippen LogP contribution in [0.4, 0.5) is 4.39 Å². The Hall–Kier alpha value is -0.410. The lowest BCUT2D eigenvalue weighted by atomic mass is 9.96. The van der Waals surface area contributed by atoms with Gasteiger partial charge in [0.05, 0.1) is 6.10 Å². The lowest BCUT2D eigenvalue weighted by molar-refractivity contribution is 0.164. The van der Waals surface area contributed by atoms with Gasteiger partial charge in [0.25, 0.3) is 0 Å². The molecule has 0 bridgehead atoms. The fourth-order valence-electron chi connectivity index (χ4n) is 1.80. The second-order valence-corrected chi connectivity index (χ2v) is 5.09. The van der Waals surface area contributed by atoms with Crippen LogP contribution in [0, 0.1) is 11.7 Å². The molecule has 15 heavy (non-hydrogen) atoms. The Balaban J connectivity index is 2.63. The normalized spacial score (nSPS) is 15.0. The molecule has 2 atom stereocenters. The van der Waals surface area contributed by atoms with Gasteiger partial charge in [-0.05, 0) is 49.4 Å². The van der Waals surface area contributed by atoms with Crippen molar-refractivity contribution in [2.24, 2.45) is 5.92 Å². The first kappa shape index (κ1) is 12.7. The quantitative estimate of drug-likeness (QED) is 0.891. The van der Waals surface area contributed by atoms with E-state index in [4.69, 9.17) is 0 Å². The van der Waals surface area contributed by atoms with Gasteiger partial charge in [-0.2, -0.15) is 0 Å². The Morgan fingerprint density at radius 2 is 2.00 bits per heavy atom. The van der Waals surface area contributed by atoms with E-state index in [-0.39, 0.29) is 11.9 Å². The molecule has 1 N–H and O–H groups in total. The minimum Gasteiger partial charge on any atom is -0.393 e. The van der Waals surface area contributed by atoms with Crippen LogP contribution in [0.5, 0.6) is 0 Å². The van der Waals surface area contributed by atoms with Gasteiger partial charge in [0.15, 0.2) is 0 Å². The number of aliphatic hydroxyl groups excluding tert-OH is 1. The van der Waals surface area contributed by atoms with Crippen LogP contribution in [-0.4, -0.2) is 11.2 Å². The second kappa shape index (κ2) is 5.61. The predicted molar refractivity (Wildman–Crippen MR) is 63.3 cm³/mol. The van der Waals surface area contributed by atoms with Gasteiger partial charge in [-0.15, -0.1) is 0 Å². The Bertz CT molecular complexity index is 305. The van der Waals surface area contributed by atoms with E-state index in [2.05, 4.69) is 22.9 Å². The van der Waals surface area contributed by atoms with E-state index in [0.717, 1.165) is 22.9 Å². The minimum absolute atomic E-state index is 0.219. The number of rotatable bonds is 4. The Morgan fingerprint density at radius 3 is 2.53 bits per heavy atom. The van der Waals surface area contributed by atoms with Crippen LogP contribution in [0.3, 0.4) is 0 Å². The van der Waals surface area contributed by atoms with E-state index in [0.29, 0.717) is 5.92 Å². The fourth-order valence-corrected chi connectivity index (χ4v) is 2.31. The highest BCUT2D eigenvalue weighted by Gasteiger charge is 2.08. The average Bonchev–Trinajstić information content (AvgIpc) is 1.98. The molecule has 0 fully saturated rings. The summed E-state index contributed by atoms with van der Waals surface area (Å²) in [6.07, 6.45) is 1.24. The largest absolute Gasteiger partial charge is 0.393 e. The molecule has 1 rings (SSSR count). The lowest BCUT2D eigenvalue weighted by Crippen LogP contribution is -2.09. The molecule has 0 aliphatic rings.